The molecule has 1 heterocycles. The first-order valence-electron chi connectivity index (χ1n) is 5.78. The van der Waals surface area contributed by atoms with Crippen LogP contribution in [0.4, 0.5) is 5.13 Å². The lowest BCUT2D eigenvalue weighted by atomic mass is 10.1. The van der Waals surface area contributed by atoms with Crippen LogP contribution in [-0.4, -0.2) is 4.98 Å². The molecule has 0 saturated carbocycles. The number of rotatable bonds is 4. The molecule has 0 aliphatic heterocycles. The Bertz CT molecular complexity index is 554. The third kappa shape index (κ3) is 3.25. The zero-order chi connectivity index (χ0) is 13.1. The summed E-state index contributed by atoms with van der Waals surface area (Å²) >= 11 is 11.1. The van der Waals surface area contributed by atoms with Crippen molar-refractivity contribution in [2.24, 2.45) is 0 Å². The molecule has 0 aliphatic carbocycles. The normalized spacial score (nSPS) is 10.8. The second kappa shape index (κ2) is 6.04. The Morgan fingerprint density at radius 2 is 2.22 bits per heavy atom. The first-order chi connectivity index (χ1) is 8.60. The number of aryl methyl sites for hydroxylation is 1. The fourth-order valence-electron chi connectivity index (χ4n) is 1.81. The summed E-state index contributed by atoms with van der Waals surface area (Å²) in [7, 11) is 0. The standard InChI is InChI=1S/C13H14BrClN2S/c1-2-3-11-12(18-13(16)17-11)6-8-4-5-9(15)7-10(8)14/h4-5,7H,2-3,6H2,1H3,(H2,16,17). The van der Waals surface area contributed by atoms with Gasteiger partial charge < -0.3 is 5.73 Å². The Balaban J connectivity index is 2.27. The Kier molecular flexibility index (Phi) is 4.65. The van der Waals surface area contributed by atoms with Crippen molar-refractivity contribution in [3.05, 3.63) is 43.8 Å². The van der Waals surface area contributed by atoms with E-state index in [0.29, 0.717) is 5.13 Å². The molecule has 2 aromatic rings. The van der Waals surface area contributed by atoms with E-state index < -0.39 is 0 Å². The first kappa shape index (κ1) is 13.8. The second-order valence-corrected chi connectivity index (χ2v) is 6.49. The molecule has 0 unspecified atom stereocenters. The Hall–Kier alpha value is -0.580. The molecule has 0 fully saturated rings. The molecule has 1 aromatic heterocycles. The van der Waals surface area contributed by atoms with Gasteiger partial charge in [-0.05, 0) is 24.1 Å². The van der Waals surface area contributed by atoms with Crippen LogP contribution in [0, 0.1) is 0 Å². The van der Waals surface area contributed by atoms with Crippen molar-refractivity contribution in [2.45, 2.75) is 26.2 Å². The fraction of sp³-hybridized carbons (Fsp3) is 0.308. The van der Waals surface area contributed by atoms with Crippen LogP contribution in [0.2, 0.25) is 5.02 Å². The van der Waals surface area contributed by atoms with Crippen molar-refractivity contribution in [2.75, 3.05) is 5.73 Å². The Labute approximate surface area is 124 Å². The van der Waals surface area contributed by atoms with Gasteiger partial charge in [-0.2, -0.15) is 0 Å². The van der Waals surface area contributed by atoms with Crippen LogP contribution < -0.4 is 5.73 Å². The summed E-state index contributed by atoms with van der Waals surface area (Å²) in [5.41, 5.74) is 8.14. The van der Waals surface area contributed by atoms with E-state index in [2.05, 4.69) is 27.8 Å². The molecule has 2 N–H and O–H groups in total. The van der Waals surface area contributed by atoms with Crippen molar-refractivity contribution in [1.82, 2.24) is 4.98 Å². The fourth-order valence-corrected chi connectivity index (χ4v) is 3.54. The number of nitrogen functional groups attached to an aromatic ring is 1. The Morgan fingerprint density at radius 1 is 1.44 bits per heavy atom. The average Bonchev–Trinajstić information content (AvgIpc) is 2.64. The SMILES string of the molecule is CCCc1nc(N)sc1Cc1ccc(Cl)cc1Br. The van der Waals surface area contributed by atoms with Gasteiger partial charge in [0.25, 0.3) is 0 Å². The van der Waals surface area contributed by atoms with Gasteiger partial charge >= 0.3 is 0 Å². The molecule has 96 valence electrons. The molecule has 0 atom stereocenters. The van der Waals surface area contributed by atoms with Gasteiger partial charge in [0, 0.05) is 20.8 Å². The Morgan fingerprint density at radius 3 is 2.89 bits per heavy atom. The summed E-state index contributed by atoms with van der Waals surface area (Å²) in [5, 5.41) is 1.39. The summed E-state index contributed by atoms with van der Waals surface area (Å²) < 4.78 is 1.03. The lowest BCUT2D eigenvalue weighted by molar-refractivity contribution is 0.879. The highest BCUT2D eigenvalue weighted by Crippen LogP contribution is 2.29. The third-order valence-corrected chi connectivity index (χ3v) is 4.55. The average molecular weight is 346 g/mol. The van der Waals surface area contributed by atoms with Crippen molar-refractivity contribution in [1.29, 1.82) is 0 Å². The number of anilines is 1. The molecule has 1 aromatic carbocycles. The number of hydrogen-bond acceptors (Lipinski definition) is 3. The number of hydrogen-bond donors (Lipinski definition) is 1. The van der Waals surface area contributed by atoms with Gasteiger partial charge in [-0.1, -0.05) is 46.9 Å². The monoisotopic (exact) mass is 344 g/mol. The molecular formula is C13H14BrClN2S. The highest BCUT2D eigenvalue weighted by molar-refractivity contribution is 9.10. The minimum absolute atomic E-state index is 0.651. The molecule has 0 saturated heterocycles. The van der Waals surface area contributed by atoms with Gasteiger partial charge in [-0.3, -0.25) is 0 Å². The van der Waals surface area contributed by atoms with Crippen molar-refractivity contribution >= 4 is 44.0 Å². The topological polar surface area (TPSA) is 38.9 Å². The van der Waals surface area contributed by atoms with E-state index in [0.717, 1.165) is 34.5 Å². The number of benzene rings is 1. The van der Waals surface area contributed by atoms with Crippen LogP contribution in [0.25, 0.3) is 0 Å². The molecule has 2 nitrogen and oxygen atoms in total. The minimum atomic E-state index is 0.651. The van der Waals surface area contributed by atoms with Gasteiger partial charge in [-0.15, -0.1) is 11.3 Å². The van der Waals surface area contributed by atoms with Crippen LogP contribution in [0.3, 0.4) is 0 Å². The summed E-state index contributed by atoms with van der Waals surface area (Å²) in [6.07, 6.45) is 2.91. The molecule has 2 rings (SSSR count). The maximum absolute atomic E-state index is 5.95. The molecule has 18 heavy (non-hydrogen) atoms. The number of nitrogens with two attached hydrogens (primary N) is 1. The number of aromatic nitrogens is 1. The lowest BCUT2D eigenvalue weighted by Gasteiger charge is -2.05. The van der Waals surface area contributed by atoms with E-state index in [4.69, 9.17) is 17.3 Å². The molecule has 0 amide bonds. The first-order valence-corrected chi connectivity index (χ1v) is 7.77. The summed E-state index contributed by atoms with van der Waals surface area (Å²) in [5.74, 6) is 0. The quantitative estimate of drug-likeness (QED) is 0.873. The third-order valence-electron chi connectivity index (χ3n) is 2.65. The van der Waals surface area contributed by atoms with Gasteiger partial charge in [0.05, 0.1) is 5.69 Å². The highest BCUT2D eigenvalue weighted by atomic mass is 79.9. The van der Waals surface area contributed by atoms with Gasteiger partial charge in [-0.25, -0.2) is 4.98 Å². The zero-order valence-corrected chi connectivity index (χ0v) is 13.2. The summed E-state index contributed by atoms with van der Waals surface area (Å²) in [6, 6.07) is 5.87. The van der Waals surface area contributed by atoms with Crippen molar-refractivity contribution < 1.29 is 0 Å². The second-order valence-electron chi connectivity index (χ2n) is 4.08. The van der Waals surface area contributed by atoms with E-state index in [9.17, 15) is 0 Å². The van der Waals surface area contributed by atoms with Crippen LogP contribution in [-0.2, 0) is 12.8 Å². The predicted molar refractivity (Wildman–Crippen MR) is 82.5 cm³/mol. The molecular weight excluding hydrogens is 332 g/mol. The number of thiazole rings is 1. The van der Waals surface area contributed by atoms with Crippen LogP contribution in [0.15, 0.2) is 22.7 Å². The zero-order valence-electron chi connectivity index (χ0n) is 10.0. The van der Waals surface area contributed by atoms with E-state index >= 15 is 0 Å². The number of halogens is 2. The van der Waals surface area contributed by atoms with Crippen LogP contribution in [0.5, 0.6) is 0 Å². The van der Waals surface area contributed by atoms with Gasteiger partial charge in [0.1, 0.15) is 0 Å². The maximum atomic E-state index is 5.95. The molecule has 0 bridgehead atoms. The summed E-state index contributed by atoms with van der Waals surface area (Å²) in [6.45, 7) is 2.15. The molecule has 0 spiro atoms. The van der Waals surface area contributed by atoms with Crippen LogP contribution in [0.1, 0.15) is 29.5 Å². The van der Waals surface area contributed by atoms with Crippen LogP contribution >= 0.6 is 38.9 Å². The largest absolute Gasteiger partial charge is 0.375 e. The highest BCUT2D eigenvalue weighted by Gasteiger charge is 2.11. The van der Waals surface area contributed by atoms with Crippen molar-refractivity contribution in [3.63, 3.8) is 0 Å². The lowest BCUT2D eigenvalue weighted by Crippen LogP contribution is -1.93. The smallest absolute Gasteiger partial charge is 0.180 e. The predicted octanol–water partition coefficient (Wildman–Crippen LogP) is 4.68. The molecule has 0 aliphatic rings. The van der Waals surface area contributed by atoms with E-state index in [-0.39, 0.29) is 0 Å². The number of nitrogens with zero attached hydrogens (tertiary/aromatic N) is 1. The minimum Gasteiger partial charge on any atom is -0.375 e. The summed E-state index contributed by atoms with van der Waals surface area (Å²) in [4.78, 5) is 5.65. The van der Waals surface area contributed by atoms with Gasteiger partial charge in [0.15, 0.2) is 5.13 Å². The van der Waals surface area contributed by atoms with Crippen molar-refractivity contribution in [3.8, 4) is 0 Å². The van der Waals surface area contributed by atoms with E-state index in [1.54, 1.807) is 11.3 Å². The molecule has 0 radical (unpaired) electrons. The van der Waals surface area contributed by atoms with Gasteiger partial charge in [0.2, 0.25) is 0 Å². The van der Waals surface area contributed by atoms with E-state index in [1.807, 2.05) is 18.2 Å². The molecule has 5 heteroatoms. The van der Waals surface area contributed by atoms with E-state index in [1.165, 1.54) is 10.4 Å². The maximum Gasteiger partial charge on any atom is 0.180 e.